The van der Waals surface area contributed by atoms with Crippen LogP contribution in [0.15, 0.2) is 66.0 Å². The Hall–Kier alpha value is -3.29. The lowest BCUT2D eigenvalue weighted by atomic mass is 10.1. The molecule has 0 aliphatic rings. The summed E-state index contributed by atoms with van der Waals surface area (Å²) in [4.78, 5) is 34.7. The first-order valence-electron chi connectivity index (χ1n) is 9.05. The number of halogens is 1. The highest BCUT2D eigenvalue weighted by Gasteiger charge is 2.18. The van der Waals surface area contributed by atoms with Gasteiger partial charge in [0.15, 0.2) is 5.13 Å². The fraction of sp³-hybridized carbons (Fsp3) is 0.0909. The highest BCUT2D eigenvalue weighted by molar-refractivity contribution is 7.14. The number of para-hydroxylation sites is 1. The molecule has 0 bridgehead atoms. The number of hydrogen-bond acceptors (Lipinski definition) is 6. The molecule has 1 amide bonds. The quantitative estimate of drug-likeness (QED) is 0.309. The fourth-order valence-corrected chi connectivity index (χ4v) is 3.95. The maximum absolute atomic E-state index is 12.4. The predicted molar refractivity (Wildman–Crippen MR) is 117 cm³/mol. The summed E-state index contributed by atoms with van der Waals surface area (Å²) in [5.74, 6) is -0.614. The van der Waals surface area contributed by atoms with Crippen LogP contribution < -0.4 is 4.90 Å². The number of esters is 1. The lowest BCUT2D eigenvalue weighted by Crippen LogP contribution is -2.22. The Labute approximate surface area is 181 Å². The SMILES string of the molecule is CC(=O)N(c1ccccc1)c1nc(COC(=O)c2ccc3nc(Cl)ccc3c2)cs1. The lowest BCUT2D eigenvalue weighted by molar-refractivity contribution is -0.115. The minimum atomic E-state index is -0.465. The smallest absolute Gasteiger partial charge is 0.338 e. The lowest BCUT2D eigenvalue weighted by Gasteiger charge is -2.17. The highest BCUT2D eigenvalue weighted by Crippen LogP contribution is 2.29. The van der Waals surface area contributed by atoms with E-state index < -0.39 is 5.97 Å². The Kier molecular flexibility index (Phi) is 5.74. The second kappa shape index (κ2) is 8.61. The average Bonchev–Trinajstić information content (AvgIpc) is 3.20. The zero-order chi connectivity index (χ0) is 21.1. The predicted octanol–water partition coefficient (Wildman–Crippen LogP) is 5.39. The topological polar surface area (TPSA) is 72.4 Å². The maximum Gasteiger partial charge on any atom is 0.338 e. The second-order valence-electron chi connectivity index (χ2n) is 6.43. The van der Waals surface area contributed by atoms with Crippen LogP contribution in [0.25, 0.3) is 10.9 Å². The summed E-state index contributed by atoms with van der Waals surface area (Å²) < 4.78 is 5.40. The van der Waals surface area contributed by atoms with E-state index in [2.05, 4.69) is 9.97 Å². The molecule has 0 aliphatic carbocycles. The first kappa shape index (κ1) is 20.0. The van der Waals surface area contributed by atoms with Gasteiger partial charge in [0, 0.05) is 17.7 Å². The minimum absolute atomic E-state index is 0.00672. The van der Waals surface area contributed by atoms with E-state index in [9.17, 15) is 9.59 Å². The van der Waals surface area contributed by atoms with Gasteiger partial charge in [0.25, 0.3) is 0 Å². The molecule has 4 aromatic rings. The highest BCUT2D eigenvalue weighted by atomic mass is 35.5. The van der Waals surface area contributed by atoms with Crippen molar-refractivity contribution >= 4 is 56.5 Å². The molecule has 6 nitrogen and oxygen atoms in total. The van der Waals surface area contributed by atoms with Gasteiger partial charge in [0.05, 0.1) is 22.5 Å². The molecule has 150 valence electrons. The number of carbonyl (C=O) groups excluding carboxylic acids is 2. The number of benzene rings is 2. The number of amides is 1. The van der Waals surface area contributed by atoms with Gasteiger partial charge in [0.1, 0.15) is 11.8 Å². The van der Waals surface area contributed by atoms with Gasteiger partial charge in [-0.3, -0.25) is 9.69 Å². The molecule has 0 radical (unpaired) electrons. The van der Waals surface area contributed by atoms with E-state index >= 15 is 0 Å². The zero-order valence-corrected chi connectivity index (χ0v) is 17.5. The van der Waals surface area contributed by atoms with Crippen molar-refractivity contribution in [1.29, 1.82) is 0 Å². The average molecular weight is 438 g/mol. The van der Waals surface area contributed by atoms with Crippen LogP contribution in [-0.2, 0) is 16.1 Å². The van der Waals surface area contributed by atoms with Gasteiger partial charge in [-0.25, -0.2) is 14.8 Å². The van der Waals surface area contributed by atoms with Crippen molar-refractivity contribution in [3.05, 3.63) is 82.5 Å². The summed E-state index contributed by atoms with van der Waals surface area (Å²) in [6.07, 6.45) is 0. The van der Waals surface area contributed by atoms with Crippen molar-refractivity contribution < 1.29 is 14.3 Å². The third-order valence-electron chi connectivity index (χ3n) is 4.30. The number of rotatable bonds is 5. The van der Waals surface area contributed by atoms with Gasteiger partial charge in [-0.15, -0.1) is 11.3 Å². The van der Waals surface area contributed by atoms with Gasteiger partial charge in [-0.2, -0.15) is 0 Å². The van der Waals surface area contributed by atoms with E-state index in [0.717, 1.165) is 11.1 Å². The number of fused-ring (bicyclic) bond motifs is 1. The molecule has 8 heteroatoms. The van der Waals surface area contributed by atoms with Gasteiger partial charge >= 0.3 is 5.97 Å². The molecule has 0 unspecified atom stereocenters. The Morgan fingerprint density at radius 2 is 1.87 bits per heavy atom. The van der Waals surface area contributed by atoms with Crippen molar-refractivity contribution in [2.24, 2.45) is 0 Å². The van der Waals surface area contributed by atoms with Crippen molar-refractivity contribution in [3.8, 4) is 0 Å². The van der Waals surface area contributed by atoms with Crippen LogP contribution in [0.3, 0.4) is 0 Å². The van der Waals surface area contributed by atoms with E-state index in [1.807, 2.05) is 30.3 Å². The third kappa shape index (κ3) is 4.32. The standard InChI is InChI=1S/C22H16ClN3O3S/c1-14(27)26(18-5-3-2-4-6-18)22-24-17(13-30-22)12-29-21(28)16-7-9-19-15(11-16)8-10-20(23)25-19/h2-11,13H,12H2,1H3. The van der Waals surface area contributed by atoms with Gasteiger partial charge in [-0.1, -0.05) is 29.8 Å². The van der Waals surface area contributed by atoms with Crippen LogP contribution in [0.4, 0.5) is 10.8 Å². The van der Waals surface area contributed by atoms with E-state index in [4.69, 9.17) is 16.3 Å². The monoisotopic (exact) mass is 437 g/mol. The number of pyridine rings is 1. The third-order valence-corrected chi connectivity index (χ3v) is 5.39. The molecule has 0 N–H and O–H groups in total. The number of hydrogen-bond donors (Lipinski definition) is 0. The number of aromatic nitrogens is 2. The van der Waals surface area contributed by atoms with Crippen molar-refractivity contribution in [2.75, 3.05) is 4.90 Å². The van der Waals surface area contributed by atoms with Crippen molar-refractivity contribution in [1.82, 2.24) is 9.97 Å². The molecule has 2 aromatic carbocycles. The largest absolute Gasteiger partial charge is 0.456 e. The number of ether oxygens (including phenoxy) is 1. The molecule has 0 fully saturated rings. The summed E-state index contributed by atoms with van der Waals surface area (Å²) in [5.41, 5.74) is 2.41. The van der Waals surface area contributed by atoms with E-state index in [0.29, 0.717) is 27.1 Å². The molecule has 2 heterocycles. The maximum atomic E-state index is 12.4. The number of anilines is 2. The molecule has 30 heavy (non-hydrogen) atoms. The molecule has 0 atom stereocenters. The van der Waals surface area contributed by atoms with Gasteiger partial charge < -0.3 is 4.74 Å². The molecule has 0 saturated heterocycles. The summed E-state index contributed by atoms with van der Waals surface area (Å²) in [6.45, 7) is 1.49. The number of thiazole rings is 1. The van der Waals surface area contributed by atoms with Crippen LogP contribution in [0.1, 0.15) is 23.0 Å². The van der Waals surface area contributed by atoms with Crippen molar-refractivity contribution in [3.63, 3.8) is 0 Å². The summed E-state index contributed by atoms with van der Waals surface area (Å²) >= 11 is 7.20. The molecule has 0 aliphatic heterocycles. The molecular formula is C22H16ClN3O3S. The Bertz CT molecular complexity index is 1230. The Balaban J connectivity index is 1.47. The first-order valence-corrected chi connectivity index (χ1v) is 10.3. The van der Waals surface area contributed by atoms with E-state index in [1.54, 1.807) is 35.7 Å². The normalized spacial score (nSPS) is 10.7. The van der Waals surface area contributed by atoms with Crippen LogP contribution in [0.2, 0.25) is 5.15 Å². The van der Waals surface area contributed by atoms with E-state index in [1.165, 1.54) is 23.2 Å². The van der Waals surface area contributed by atoms with Crippen LogP contribution >= 0.6 is 22.9 Å². The number of nitrogens with zero attached hydrogens (tertiary/aromatic N) is 3. The fourth-order valence-electron chi connectivity index (χ4n) is 2.92. The molecule has 2 aromatic heterocycles. The summed E-state index contributed by atoms with van der Waals surface area (Å²) in [5, 5.41) is 3.48. The molecule has 4 rings (SSSR count). The van der Waals surface area contributed by atoms with Crippen LogP contribution in [0.5, 0.6) is 0 Å². The van der Waals surface area contributed by atoms with Gasteiger partial charge in [0.2, 0.25) is 5.91 Å². The second-order valence-corrected chi connectivity index (χ2v) is 7.65. The van der Waals surface area contributed by atoms with Gasteiger partial charge in [-0.05, 0) is 42.5 Å². The van der Waals surface area contributed by atoms with Crippen LogP contribution in [0, 0.1) is 0 Å². The number of carbonyl (C=O) groups is 2. The minimum Gasteiger partial charge on any atom is -0.456 e. The Morgan fingerprint density at radius 3 is 2.63 bits per heavy atom. The summed E-state index contributed by atoms with van der Waals surface area (Å²) in [7, 11) is 0. The molecule has 0 saturated carbocycles. The first-order chi connectivity index (χ1) is 14.5. The van der Waals surface area contributed by atoms with Crippen LogP contribution in [-0.4, -0.2) is 21.8 Å². The summed E-state index contributed by atoms with van der Waals surface area (Å²) in [6, 6.07) is 17.8. The molecular weight excluding hydrogens is 422 g/mol. The Morgan fingerprint density at radius 1 is 1.07 bits per heavy atom. The van der Waals surface area contributed by atoms with E-state index in [-0.39, 0.29) is 12.5 Å². The van der Waals surface area contributed by atoms with Crippen molar-refractivity contribution in [2.45, 2.75) is 13.5 Å². The zero-order valence-electron chi connectivity index (χ0n) is 15.9. The molecule has 0 spiro atoms.